The number of carboxylic acid groups (broad SMARTS) is 1. The molecule has 0 fully saturated rings. The van der Waals surface area contributed by atoms with Gasteiger partial charge in [-0.25, -0.2) is 4.79 Å². The first-order valence-corrected chi connectivity index (χ1v) is 4.58. The number of carbonyl (C=O) groups is 1. The summed E-state index contributed by atoms with van der Waals surface area (Å²) in [6.45, 7) is 1.58. The molecule has 0 aliphatic rings. The first-order valence-electron chi connectivity index (χ1n) is 4.58. The molecule has 82 valence electrons. The SMILES string of the molecule is CC(O)(CNC(=O)O)Cc1cccnc1. The maximum atomic E-state index is 10.3. The summed E-state index contributed by atoms with van der Waals surface area (Å²) in [7, 11) is 0. The number of nitrogens with zero attached hydrogens (tertiary/aromatic N) is 1. The van der Waals surface area contributed by atoms with Gasteiger partial charge >= 0.3 is 6.09 Å². The largest absolute Gasteiger partial charge is 0.465 e. The summed E-state index contributed by atoms with van der Waals surface area (Å²) in [4.78, 5) is 14.2. The third kappa shape index (κ3) is 4.42. The maximum absolute atomic E-state index is 10.3. The lowest BCUT2D eigenvalue weighted by Gasteiger charge is -2.22. The third-order valence-electron chi connectivity index (χ3n) is 1.93. The molecule has 0 saturated carbocycles. The quantitative estimate of drug-likeness (QED) is 0.681. The highest BCUT2D eigenvalue weighted by atomic mass is 16.4. The molecule has 15 heavy (non-hydrogen) atoms. The summed E-state index contributed by atoms with van der Waals surface area (Å²) in [5.74, 6) is 0. The van der Waals surface area contributed by atoms with E-state index in [9.17, 15) is 9.90 Å². The zero-order chi connectivity index (χ0) is 11.3. The molecule has 0 radical (unpaired) electrons. The molecule has 3 N–H and O–H groups in total. The monoisotopic (exact) mass is 210 g/mol. The van der Waals surface area contributed by atoms with Crippen molar-refractivity contribution < 1.29 is 15.0 Å². The Bertz CT molecular complexity index is 325. The Morgan fingerprint density at radius 2 is 2.40 bits per heavy atom. The van der Waals surface area contributed by atoms with E-state index < -0.39 is 11.7 Å². The first-order chi connectivity index (χ1) is 6.99. The fourth-order valence-electron chi connectivity index (χ4n) is 1.27. The number of aromatic nitrogens is 1. The van der Waals surface area contributed by atoms with Gasteiger partial charge < -0.3 is 15.5 Å². The van der Waals surface area contributed by atoms with E-state index in [4.69, 9.17) is 5.11 Å². The predicted octanol–water partition coefficient (Wildman–Crippen LogP) is 0.643. The molecule has 1 rings (SSSR count). The molecular formula is C10H14N2O3. The summed E-state index contributed by atoms with van der Waals surface area (Å²) in [6, 6.07) is 3.61. The lowest BCUT2D eigenvalue weighted by atomic mass is 9.98. The van der Waals surface area contributed by atoms with Crippen LogP contribution in [0.1, 0.15) is 12.5 Å². The van der Waals surface area contributed by atoms with Crippen LogP contribution in [0.4, 0.5) is 4.79 Å². The molecule has 0 bridgehead atoms. The third-order valence-corrected chi connectivity index (χ3v) is 1.93. The number of nitrogens with one attached hydrogen (secondary N) is 1. The van der Waals surface area contributed by atoms with Gasteiger partial charge in [-0.1, -0.05) is 6.07 Å². The lowest BCUT2D eigenvalue weighted by molar-refractivity contribution is 0.0596. The standard InChI is InChI=1S/C10H14N2O3/c1-10(15,7-12-9(13)14)5-8-3-2-4-11-6-8/h2-4,6,12,15H,5,7H2,1H3,(H,13,14). The van der Waals surface area contributed by atoms with Gasteiger partial charge in [0.25, 0.3) is 0 Å². The molecule has 0 spiro atoms. The molecule has 0 aromatic carbocycles. The van der Waals surface area contributed by atoms with Gasteiger partial charge in [0.05, 0.1) is 5.60 Å². The molecule has 1 amide bonds. The Balaban J connectivity index is 2.52. The summed E-state index contributed by atoms with van der Waals surface area (Å²) in [6.07, 6.45) is 2.52. The lowest BCUT2D eigenvalue weighted by Crippen LogP contribution is -2.41. The second kappa shape index (κ2) is 4.75. The Labute approximate surface area is 87.8 Å². The van der Waals surface area contributed by atoms with Gasteiger partial charge in [0.15, 0.2) is 0 Å². The van der Waals surface area contributed by atoms with E-state index in [1.54, 1.807) is 25.4 Å². The van der Waals surface area contributed by atoms with Crippen LogP contribution in [0.2, 0.25) is 0 Å². The van der Waals surface area contributed by atoms with Crippen LogP contribution in [-0.4, -0.2) is 33.4 Å². The van der Waals surface area contributed by atoms with Gasteiger partial charge in [-0.05, 0) is 18.6 Å². The van der Waals surface area contributed by atoms with Gasteiger partial charge in [0.2, 0.25) is 0 Å². The fourth-order valence-corrected chi connectivity index (χ4v) is 1.27. The van der Waals surface area contributed by atoms with Crippen LogP contribution in [0.3, 0.4) is 0 Å². The van der Waals surface area contributed by atoms with Crippen LogP contribution < -0.4 is 5.32 Å². The molecule has 0 saturated heterocycles. The Morgan fingerprint density at radius 1 is 1.67 bits per heavy atom. The highest BCUT2D eigenvalue weighted by molar-refractivity contribution is 5.64. The number of aliphatic hydroxyl groups is 1. The summed E-state index contributed by atoms with van der Waals surface area (Å²) in [5, 5.41) is 20.4. The van der Waals surface area contributed by atoms with E-state index in [0.29, 0.717) is 6.42 Å². The molecule has 1 unspecified atom stereocenters. The van der Waals surface area contributed by atoms with Gasteiger partial charge in [-0.15, -0.1) is 0 Å². The second-order valence-electron chi connectivity index (χ2n) is 3.69. The van der Waals surface area contributed by atoms with Crippen molar-refractivity contribution in [2.24, 2.45) is 0 Å². The van der Waals surface area contributed by atoms with Crippen molar-refractivity contribution >= 4 is 6.09 Å². The van der Waals surface area contributed by atoms with E-state index in [1.807, 2.05) is 6.07 Å². The van der Waals surface area contributed by atoms with Crippen molar-refractivity contribution in [1.29, 1.82) is 0 Å². The average Bonchev–Trinajstić information content (AvgIpc) is 2.16. The van der Waals surface area contributed by atoms with Crippen LogP contribution in [0.5, 0.6) is 0 Å². The van der Waals surface area contributed by atoms with Gasteiger partial charge in [-0.2, -0.15) is 0 Å². The minimum atomic E-state index is -1.14. The Morgan fingerprint density at radius 3 is 2.93 bits per heavy atom. The highest BCUT2D eigenvalue weighted by Crippen LogP contribution is 2.10. The van der Waals surface area contributed by atoms with Gasteiger partial charge in [0.1, 0.15) is 0 Å². The average molecular weight is 210 g/mol. The van der Waals surface area contributed by atoms with Gasteiger partial charge in [0, 0.05) is 25.4 Å². The summed E-state index contributed by atoms with van der Waals surface area (Å²) >= 11 is 0. The predicted molar refractivity (Wildman–Crippen MR) is 54.6 cm³/mol. The number of hydrogen-bond acceptors (Lipinski definition) is 3. The van der Waals surface area contributed by atoms with Crippen molar-refractivity contribution in [3.8, 4) is 0 Å². The van der Waals surface area contributed by atoms with Crippen LogP contribution in [0.25, 0.3) is 0 Å². The zero-order valence-corrected chi connectivity index (χ0v) is 8.47. The van der Waals surface area contributed by atoms with E-state index in [0.717, 1.165) is 5.56 Å². The van der Waals surface area contributed by atoms with Crippen LogP contribution >= 0.6 is 0 Å². The van der Waals surface area contributed by atoms with E-state index in [-0.39, 0.29) is 6.54 Å². The van der Waals surface area contributed by atoms with Crippen molar-refractivity contribution in [3.63, 3.8) is 0 Å². The Hall–Kier alpha value is -1.62. The van der Waals surface area contributed by atoms with Crippen LogP contribution in [0, 0.1) is 0 Å². The minimum absolute atomic E-state index is 0.00275. The minimum Gasteiger partial charge on any atom is -0.465 e. The van der Waals surface area contributed by atoms with Crippen molar-refractivity contribution in [2.75, 3.05) is 6.54 Å². The molecule has 0 aliphatic heterocycles. The molecule has 1 heterocycles. The molecule has 1 aromatic heterocycles. The molecule has 0 aliphatic carbocycles. The van der Waals surface area contributed by atoms with Crippen LogP contribution in [-0.2, 0) is 6.42 Å². The van der Waals surface area contributed by atoms with E-state index >= 15 is 0 Å². The number of amides is 1. The smallest absolute Gasteiger partial charge is 0.404 e. The number of pyridine rings is 1. The normalized spacial score (nSPS) is 14.3. The maximum Gasteiger partial charge on any atom is 0.404 e. The summed E-state index contributed by atoms with van der Waals surface area (Å²) in [5.41, 5.74) is -0.226. The fraction of sp³-hybridized carbons (Fsp3) is 0.400. The molecule has 1 aromatic rings. The topological polar surface area (TPSA) is 82.5 Å². The Kier molecular flexibility index (Phi) is 3.62. The number of hydrogen-bond donors (Lipinski definition) is 3. The second-order valence-corrected chi connectivity index (χ2v) is 3.69. The van der Waals surface area contributed by atoms with Crippen molar-refractivity contribution in [2.45, 2.75) is 18.9 Å². The zero-order valence-electron chi connectivity index (χ0n) is 8.47. The molecule has 1 atom stereocenters. The van der Waals surface area contributed by atoms with E-state index in [1.165, 1.54) is 0 Å². The highest BCUT2D eigenvalue weighted by Gasteiger charge is 2.21. The van der Waals surface area contributed by atoms with Crippen molar-refractivity contribution in [1.82, 2.24) is 10.3 Å². The van der Waals surface area contributed by atoms with Gasteiger partial charge in [-0.3, -0.25) is 4.98 Å². The van der Waals surface area contributed by atoms with Crippen LogP contribution in [0.15, 0.2) is 24.5 Å². The summed E-state index contributed by atoms with van der Waals surface area (Å²) < 4.78 is 0. The first kappa shape index (κ1) is 11.5. The van der Waals surface area contributed by atoms with Crippen molar-refractivity contribution in [3.05, 3.63) is 30.1 Å². The molecule has 5 heteroatoms. The molecule has 5 nitrogen and oxygen atoms in total. The molecular weight excluding hydrogens is 196 g/mol. The van der Waals surface area contributed by atoms with E-state index in [2.05, 4.69) is 10.3 Å². The number of rotatable bonds is 4.